The molecule has 1 aromatic heterocycles. The van der Waals surface area contributed by atoms with Gasteiger partial charge in [0.25, 0.3) is 5.91 Å². The van der Waals surface area contributed by atoms with Gasteiger partial charge in [0.15, 0.2) is 5.88 Å². The summed E-state index contributed by atoms with van der Waals surface area (Å²) in [5.41, 5.74) is 10.5. The Balaban J connectivity index is 1.72. The number of benzene rings is 1. The fourth-order valence-corrected chi connectivity index (χ4v) is 4.45. The molecule has 2 aliphatic heterocycles. The zero-order chi connectivity index (χ0) is 20.7. The van der Waals surface area contributed by atoms with E-state index in [2.05, 4.69) is 11.6 Å². The third-order valence-electron chi connectivity index (χ3n) is 5.45. The van der Waals surface area contributed by atoms with Crippen molar-refractivity contribution in [3.8, 4) is 11.1 Å². The Morgan fingerprint density at radius 2 is 2.00 bits per heavy atom. The second-order valence-corrected chi connectivity index (χ2v) is 8.00. The zero-order valence-electron chi connectivity index (χ0n) is 16.2. The molecule has 0 atom stereocenters. The molecule has 0 radical (unpaired) electrons. The number of aromatic nitrogens is 1. The van der Waals surface area contributed by atoms with Gasteiger partial charge in [-0.05, 0) is 31.2 Å². The molecule has 0 saturated carbocycles. The number of rotatable bonds is 5. The third-order valence-corrected chi connectivity index (χ3v) is 6.00. The van der Waals surface area contributed by atoms with Gasteiger partial charge in [0.05, 0.1) is 24.3 Å². The van der Waals surface area contributed by atoms with Crippen LogP contribution in [-0.2, 0) is 17.8 Å². The van der Waals surface area contributed by atoms with Crippen molar-refractivity contribution in [2.24, 2.45) is 5.73 Å². The van der Waals surface area contributed by atoms with E-state index in [4.69, 9.17) is 33.7 Å². The average molecular weight is 433 g/mol. The number of fused-ring (bicyclic) bond motifs is 1. The molecule has 4 rings (SSSR count). The lowest BCUT2D eigenvalue weighted by Gasteiger charge is -2.21. The summed E-state index contributed by atoms with van der Waals surface area (Å²) >= 11 is 12.6. The summed E-state index contributed by atoms with van der Waals surface area (Å²) in [5, 5.41) is 1.02. The average Bonchev–Trinajstić information content (AvgIpc) is 3.22. The number of hydrogen-bond acceptors (Lipinski definition) is 5. The van der Waals surface area contributed by atoms with Crippen LogP contribution in [0.25, 0.3) is 11.1 Å². The quantitative estimate of drug-likeness (QED) is 0.781. The molecule has 1 fully saturated rings. The topological polar surface area (TPSA) is 71.7 Å². The van der Waals surface area contributed by atoms with Crippen LogP contribution in [0.3, 0.4) is 0 Å². The summed E-state index contributed by atoms with van der Waals surface area (Å²) in [4.78, 5) is 21.9. The summed E-state index contributed by atoms with van der Waals surface area (Å²) in [6, 6.07) is 5.28. The normalized spacial score (nSPS) is 15.9. The number of pyridine rings is 1. The van der Waals surface area contributed by atoms with E-state index in [-0.39, 0.29) is 12.5 Å². The van der Waals surface area contributed by atoms with E-state index >= 15 is 0 Å². The SMILES string of the molecule is C=C1OCCN1CCN1Cc2nc(C)c(CN)c(-c3ccc(Cl)cc3Cl)c2C1=O. The Labute approximate surface area is 179 Å². The van der Waals surface area contributed by atoms with Crippen LogP contribution in [0.5, 0.6) is 0 Å². The Kier molecular flexibility index (Phi) is 5.42. The van der Waals surface area contributed by atoms with Crippen molar-refractivity contribution in [1.82, 2.24) is 14.8 Å². The highest BCUT2D eigenvalue weighted by molar-refractivity contribution is 6.36. The highest BCUT2D eigenvalue weighted by Gasteiger charge is 2.34. The second-order valence-electron chi connectivity index (χ2n) is 7.16. The molecule has 2 aliphatic rings. The number of ether oxygens (including phenoxy) is 1. The minimum Gasteiger partial charge on any atom is -0.478 e. The van der Waals surface area contributed by atoms with Gasteiger partial charge in [0.2, 0.25) is 0 Å². The molecule has 29 heavy (non-hydrogen) atoms. The summed E-state index contributed by atoms with van der Waals surface area (Å²) in [5.74, 6) is 0.594. The van der Waals surface area contributed by atoms with Crippen LogP contribution < -0.4 is 5.73 Å². The van der Waals surface area contributed by atoms with Gasteiger partial charge in [-0.25, -0.2) is 0 Å². The lowest BCUT2D eigenvalue weighted by molar-refractivity contribution is 0.0764. The van der Waals surface area contributed by atoms with Crippen molar-refractivity contribution in [2.45, 2.75) is 20.0 Å². The highest BCUT2D eigenvalue weighted by Crippen LogP contribution is 2.39. The Hall–Kier alpha value is -2.28. The van der Waals surface area contributed by atoms with E-state index in [0.717, 1.165) is 34.6 Å². The van der Waals surface area contributed by atoms with Crippen molar-refractivity contribution in [3.63, 3.8) is 0 Å². The van der Waals surface area contributed by atoms with Crippen LogP contribution in [0.1, 0.15) is 27.3 Å². The molecule has 0 unspecified atom stereocenters. The van der Waals surface area contributed by atoms with Gasteiger partial charge in [-0.15, -0.1) is 0 Å². The van der Waals surface area contributed by atoms with Crippen LogP contribution in [0, 0.1) is 6.92 Å². The first-order chi connectivity index (χ1) is 13.9. The van der Waals surface area contributed by atoms with Crippen molar-refractivity contribution in [2.75, 3.05) is 26.2 Å². The van der Waals surface area contributed by atoms with Crippen LogP contribution in [0.2, 0.25) is 10.0 Å². The predicted octanol–water partition coefficient (Wildman–Crippen LogP) is 3.58. The van der Waals surface area contributed by atoms with Crippen molar-refractivity contribution < 1.29 is 9.53 Å². The number of halogens is 2. The molecule has 8 heteroatoms. The maximum absolute atomic E-state index is 13.3. The number of nitrogens with zero attached hydrogens (tertiary/aromatic N) is 3. The monoisotopic (exact) mass is 432 g/mol. The summed E-state index contributed by atoms with van der Waals surface area (Å²) in [7, 11) is 0. The van der Waals surface area contributed by atoms with Gasteiger partial charge in [-0.2, -0.15) is 0 Å². The summed E-state index contributed by atoms with van der Waals surface area (Å²) in [6.07, 6.45) is 0. The summed E-state index contributed by atoms with van der Waals surface area (Å²) in [6.45, 7) is 9.16. The van der Waals surface area contributed by atoms with Gasteiger partial charge >= 0.3 is 0 Å². The molecule has 3 heterocycles. The molecular weight excluding hydrogens is 411 g/mol. The van der Waals surface area contributed by atoms with Crippen molar-refractivity contribution in [1.29, 1.82) is 0 Å². The van der Waals surface area contributed by atoms with Crippen LogP contribution >= 0.6 is 23.2 Å². The lowest BCUT2D eigenvalue weighted by Crippen LogP contribution is -2.33. The lowest BCUT2D eigenvalue weighted by atomic mass is 9.93. The van der Waals surface area contributed by atoms with Gasteiger partial charge in [0, 0.05) is 46.5 Å². The predicted molar refractivity (Wildman–Crippen MR) is 114 cm³/mol. The first-order valence-corrected chi connectivity index (χ1v) is 10.2. The Bertz CT molecular complexity index is 1010. The first-order valence-electron chi connectivity index (χ1n) is 9.44. The number of amides is 1. The minimum absolute atomic E-state index is 0.0612. The molecule has 1 amide bonds. The number of aryl methyl sites for hydroxylation is 1. The number of carbonyl (C=O) groups excluding carboxylic acids is 1. The Morgan fingerprint density at radius 3 is 2.66 bits per heavy atom. The fraction of sp³-hybridized carbons (Fsp3) is 0.333. The Morgan fingerprint density at radius 1 is 1.24 bits per heavy atom. The smallest absolute Gasteiger partial charge is 0.256 e. The van der Waals surface area contributed by atoms with E-state index in [1.807, 2.05) is 17.9 Å². The molecule has 152 valence electrons. The van der Waals surface area contributed by atoms with Gasteiger partial charge in [0.1, 0.15) is 6.61 Å². The van der Waals surface area contributed by atoms with Crippen molar-refractivity contribution >= 4 is 29.1 Å². The maximum atomic E-state index is 13.3. The van der Waals surface area contributed by atoms with E-state index in [1.54, 1.807) is 17.0 Å². The largest absolute Gasteiger partial charge is 0.478 e. The fourth-order valence-electron chi connectivity index (χ4n) is 3.94. The van der Waals surface area contributed by atoms with Crippen LogP contribution in [0.4, 0.5) is 0 Å². The molecule has 0 aliphatic carbocycles. The number of hydrogen-bond donors (Lipinski definition) is 1. The number of carbonyl (C=O) groups is 1. The van der Waals surface area contributed by atoms with E-state index in [1.165, 1.54) is 0 Å². The second kappa shape index (κ2) is 7.86. The van der Waals surface area contributed by atoms with Gasteiger partial charge < -0.3 is 20.3 Å². The molecule has 0 bridgehead atoms. The van der Waals surface area contributed by atoms with Crippen molar-refractivity contribution in [3.05, 3.63) is 63.2 Å². The molecule has 2 N–H and O–H groups in total. The first kappa shape index (κ1) is 20.0. The van der Waals surface area contributed by atoms with E-state index in [0.29, 0.717) is 47.7 Å². The molecule has 1 aromatic carbocycles. The van der Waals surface area contributed by atoms with Crippen LogP contribution in [0.15, 0.2) is 30.7 Å². The van der Waals surface area contributed by atoms with Crippen LogP contribution in [-0.4, -0.2) is 46.9 Å². The standard InChI is InChI=1S/C21H22Cl2N4O2/c1-12-16(10-24)19(15-4-3-14(22)9-17(15)23)20-18(25-12)11-27(21(20)28)6-5-26-7-8-29-13(26)2/h3-4,9H,2,5-8,10-11,24H2,1H3. The molecule has 2 aromatic rings. The van der Waals surface area contributed by atoms with E-state index in [9.17, 15) is 4.79 Å². The molecule has 1 saturated heterocycles. The minimum atomic E-state index is -0.0612. The summed E-state index contributed by atoms with van der Waals surface area (Å²) < 4.78 is 5.39. The number of nitrogens with two attached hydrogens (primary N) is 1. The molecule has 6 nitrogen and oxygen atoms in total. The third kappa shape index (κ3) is 3.56. The molecular formula is C21H22Cl2N4O2. The highest BCUT2D eigenvalue weighted by atomic mass is 35.5. The maximum Gasteiger partial charge on any atom is 0.256 e. The zero-order valence-corrected chi connectivity index (χ0v) is 17.7. The van der Waals surface area contributed by atoms with E-state index < -0.39 is 0 Å². The van der Waals surface area contributed by atoms with Gasteiger partial charge in [-0.1, -0.05) is 29.3 Å². The van der Waals surface area contributed by atoms with Gasteiger partial charge in [-0.3, -0.25) is 9.78 Å². The molecule has 0 spiro atoms.